The average molecular weight is 427 g/mol. The summed E-state index contributed by atoms with van der Waals surface area (Å²) in [6.45, 7) is 17.3. The summed E-state index contributed by atoms with van der Waals surface area (Å²) in [5.41, 5.74) is 1.01. The Balaban J connectivity index is 4.15. The molecular weight excluding hydrogens is 392 g/mol. The van der Waals surface area contributed by atoms with Gasteiger partial charge in [0.2, 0.25) is 0 Å². The predicted molar refractivity (Wildman–Crippen MR) is 112 cm³/mol. The molecule has 0 aliphatic carbocycles. The van der Waals surface area contributed by atoms with E-state index in [9.17, 15) is 14.4 Å². The van der Waals surface area contributed by atoms with Gasteiger partial charge in [-0.2, -0.15) is 0 Å². The van der Waals surface area contributed by atoms with E-state index in [1.54, 1.807) is 20.8 Å². The number of rotatable bonds is 17. The first kappa shape index (κ1) is 27.5. The van der Waals surface area contributed by atoms with E-state index in [-0.39, 0.29) is 25.7 Å². The molecule has 0 saturated heterocycles. The van der Waals surface area contributed by atoms with Gasteiger partial charge in [-0.1, -0.05) is 19.7 Å². The Kier molecular flexibility index (Phi) is 15.0. The van der Waals surface area contributed by atoms with Crippen LogP contribution in [-0.2, 0) is 38.1 Å². The molecule has 0 bridgehead atoms. The Morgan fingerprint density at radius 2 is 0.967 bits per heavy atom. The molecule has 0 fully saturated rings. The van der Waals surface area contributed by atoms with Gasteiger partial charge in [0.05, 0.1) is 33.0 Å². The molecule has 0 aromatic heterocycles. The van der Waals surface area contributed by atoms with E-state index < -0.39 is 17.9 Å². The molecule has 0 N–H and O–H groups in total. The molecule has 0 atom stereocenters. The molecule has 170 valence electrons. The second-order valence-corrected chi connectivity index (χ2v) is 6.93. The van der Waals surface area contributed by atoms with Gasteiger partial charge in [-0.25, -0.2) is 14.4 Å². The highest BCUT2D eigenvalue weighted by molar-refractivity contribution is 5.87. The molecule has 0 saturated carbocycles. The molecule has 8 nitrogen and oxygen atoms in total. The molecule has 0 unspecified atom stereocenters. The van der Waals surface area contributed by atoms with E-state index in [1.807, 2.05) is 0 Å². The standard InChI is InChI=1S/C22H34O8/c1-16(2)20(23)28-11-7-9-26-13-19(15-30-22(25)18(5)6)14-27-10-8-12-29-21(24)17(3)4/h19H,1,3,5,7-15H2,2,4,6H3. The van der Waals surface area contributed by atoms with Crippen molar-refractivity contribution in [2.45, 2.75) is 33.6 Å². The van der Waals surface area contributed by atoms with Crippen LogP contribution in [-0.4, -0.2) is 64.2 Å². The van der Waals surface area contributed by atoms with Crippen LogP contribution in [0.2, 0.25) is 0 Å². The number of hydrogen-bond donors (Lipinski definition) is 0. The lowest BCUT2D eigenvalue weighted by molar-refractivity contribution is -0.141. The largest absolute Gasteiger partial charge is 0.462 e. The van der Waals surface area contributed by atoms with Crippen LogP contribution in [0.1, 0.15) is 33.6 Å². The summed E-state index contributed by atoms with van der Waals surface area (Å²) < 4.78 is 26.3. The number of carbonyl (C=O) groups is 3. The Bertz CT molecular complexity index is 570. The second-order valence-electron chi connectivity index (χ2n) is 6.93. The van der Waals surface area contributed by atoms with E-state index in [2.05, 4.69) is 19.7 Å². The molecule has 0 aliphatic rings. The first-order valence-electron chi connectivity index (χ1n) is 9.78. The van der Waals surface area contributed by atoms with Crippen molar-refractivity contribution in [3.63, 3.8) is 0 Å². The quantitative estimate of drug-likeness (QED) is 0.152. The Morgan fingerprint density at radius 1 is 0.600 bits per heavy atom. The number of ether oxygens (including phenoxy) is 5. The molecule has 0 radical (unpaired) electrons. The SMILES string of the molecule is C=C(C)C(=O)OCCCOCC(COCCCOC(=O)C(=C)C)COC(=O)C(=C)C. The summed E-state index contributed by atoms with van der Waals surface area (Å²) in [7, 11) is 0. The first-order valence-corrected chi connectivity index (χ1v) is 9.78. The van der Waals surface area contributed by atoms with Gasteiger partial charge in [0, 0.05) is 48.7 Å². The third-order valence-electron chi connectivity index (χ3n) is 3.53. The van der Waals surface area contributed by atoms with E-state index in [1.165, 1.54) is 0 Å². The molecule has 0 heterocycles. The fourth-order valence-electron chi connectivity index (χ4n) is 1.86. The topological polar surface area (TPSA) is 97.4 Å². The second kappa shape index (κ2) is 16.4. The van der Waals surface area contributed by atoms with Gasteiger partial charge >= 0.3 is 17.9 Å². The van der Waals surface area contributed by atoms with Crippen molar-refractivity contribution < 1.29 is 38.1 Å². The van der Waals surface area contributed by atoms with Gasteiger partial charge in [-0.15, -0.1) is 0 Å². The van der Waals surface area contributed by atoms with Crippen molar-refractivity contribution >= 4 is 17.9 Å². The maximum atomic E-state index is 11.6. The lowest BCUT2D eigenvalue weighted by Gasteiger charge is -2.17. The average Bonchev–Trinajstić information content (AvgIpc) is 2.69. The third-order valence-corrected chi connectivity index (χ3v) is 3.53. The molecule has 0 aliphatic heterocycles. The lowest BCUT2D eigenvalue weighted by Crippen LogP contribution is -2.24. The van der Waals surface area contributed by atoms with Gasteiger partial charge in [0.15, 0.2) is 0 Å². The van der Waals surface area contributed by atoms with Crippen molar-refractivity contribution in [1.82, 2.24) is 0 Å². The normalized spacial score (nSPS) is 10.4. The van der Waals surface area contributed by atoms with Crippen molar-refractivity contribution in [2.75, 3.05) is 46.2 Å². The van der Waals surface area contributed by atoms with Crippen LogP contribution in [0.15, 0.2) is 36.5 Å². The monoisotopic (exact) mass is 426 g/mol. The summed E-state index contributed by atoms with van der Waals surface area (Å²) >= 11 is 0. The Hall–Kier alpha value is -2.45. The molecule has 8 heteroatoms. The third kappa shape index (κ3) is 14.5. The molecule has 0 amide bonds. The molecule has 0 spiro atoms. The summed E-state index contributed by atoms with van der Waals surface area (Å²) in [5, 5.41) is 0. The highest BCUT2D eigenvalue weighted by Gasteiger charge is 2.14. The van der Waals surface area contributed by atoms with Gasteiger partial charge in [-0.05, 0) is 20.8 Å². The first-order chi connectivity index (χ1) is 14.1. The number of carbonyl (C=O) groups excluding carboxylic acids is 3. The van der Waals surface area contributed by atoms with Crippen LogP contribution in [0.5, 0.6) is 0 Å². The lowest BCUT2D eigenvalue weighted by atomic mass is 10.2. The van der Waals surface area contributed by atoms with Crippen LogP contribution in [0.25, 0.3) is 0 Å². The number of esters is 3. The minimum atomic E-state index is -0.474. The van der Waals surface area contributed by atoms with Crippen LogP contribution < -0.4 is 0 Å². The van der Waals surface area contributed by atoms with Gasteiger partial charge < -0.3 is 23.7 Å². The van der Waals surface area contributed by atoms with Gasteiger partial charge in [-0.3, -0.25) is 0 Å². The Morgan fingerprint density at radius 3 is 1.33 bits per heavy atom. The summed E-state index contributed by atoms with van der Waals surface area (Å²) in [5.74, 6) is -1.51. The molecule has 0 aromatic carbocycles. The van der Waals surface area contributed by atoms with Crippen molar-refractivity contribution in [1.29, 1.82) is 0 Å². The highest BCUT2D eigenvalue weighted by Crippen LogP contribution is 2.05. The smallest absolute Gasteiger partial charge is 0.333 e. The molecular formula is C22H34O8. The maximum Gasteiger partial charge on any atom is 0.333 e. The van der Waals surface area contributed by atoms with Crippen molar-refractivity contribution in [3.8, 4) is 0 Å². The van der Waals surface area contributed by atoms with E-state index in [0.29, 0.717) is 56.0 Å². The Labute approximate surface area is 178 Å². The van der Waals surface area contributed by atoms with E-state index in [0.717, 1.165) is 0 Å². The summed E-state index contributed by atoms with van der Waals surface area (Å²) in [6.07, 6.45) is 1.07. The fraction of sp³-hybridized carbons (Fsp3) is 0.591. The van der Waals surface area contributed by atoms with Crippen molar-refractivity contribution in [3.05, 3.63) is 36.5 Å². The minimum Gasteiger partial charge on any atom is -0.462 e. The van der Waals surface area contributed by atoms with E-state index in [4.69, 9.17) is 23.7 Å². The van der Waals surface area contributed by atoms with Crippen LogP contribution in [0.3, 0.4) is 0 Å². The molecule has 30 heavy (non-hydrogen) atoms. The summed E-state index contributed by atoms with van der Waals surface area (Å²) in [6, 6.07) is 0. The minimum absolute atomic E-state index is 0.126. The van der Waals surface area contributed by atoms with E-state index >= 15 is 0 Å². The zero-order chi connectivity index (χ0) is 22.9. The zero-order valence-electron chi connectivity index (χ0n) is 18.3. The summed E-state index contributed by atoms with van der Waals surface area (Å²) in [4.78, 5) is 34.2. The predicted octanol–water partition coefficient (Wildman–Crippen LogP) is 2.77. The van der Waals surface area contributed by atoms with Crippen LogP contribution >= 0.6 is 0 Å². The van der Waals surface area contributed by atoms with Gasteiger partial charge in [0.25, 0.3) is 0 Å². The molecule has 0 rings (SSSR count). The van der Waals surface area contributed by atoms with Crippen LogP contribution in [0, 0.1) is 5.92 Å². The van der Waals surface area contributed by atoms with Crippen molar-refractivity contribution in [2.24, 2.45) is 5.92 Å². The number of hydrogen-bond acceptors (Lipinski definition) is 8. The fourth-order valence-corrected chi connectivity index (χ4v) is 1.86. The zero-order valence-corrected chi connectivity index (χ0v) is 18.3. The molecule has 0 aromatic rings. The van der Waals surface area contributed by atoms with Crippen LogP contribution in [0.4, 0.5) is 0 Å². The maximum absolute atomic E-state index is 11.6. The van der Waals surface area contributed by atoms with Gasteiger partial charge in [0.1, 0.15) is 0 Å². The highest BCUT2D eigenvalue weighted by atomic mass is 16.5.